The van der Waals surface area contributed by atoms with Gasteiger partial charge in [0.05, 0.1) is 37.3 Å². The second-order valence-electron chi connectivity index (χ2n) is 12.0. The lowest BCUT2D eigenvalue weighted by Crippen LogP contribution is -2.11. The van der Waals surface area contributed by atoms with E-state index in [2.05, 4.69) is 27.7 Å². The molecule has 7 heteroatoms. The smallest absolute Gasteiger partial charge is 0.164 e. The molecule has 0 radical (unpaired) electrons. The number of nitrogens with zero attached hydrogens (tertiary/aromatic N) is 2. The Labute approximate surface area is 274 Å². The van der Waals surface area contributed by atoms with Crippen molar-refractivity contribution in [3.05, 3.63) is 66.7 Å². The van der Waals surface area contributed by atoms with Gasteiger partial charge in [-0.2, -0.15) is 0 Å². The number of phenolic OH excluding ortho intramolecular Hbond substituents is 2. The van der Waals surface area contributed by atoms with Crippen LogP contribution in [0.5, 0.6) is 28.7 Å². The molecule has 0 amide bonds. The summed E-state index contributed by atoms with van der Waals surface area (Å²) in [6.45, 7) is 10.00. The molecule has 0 aliphatic carbocycles. The van der Waals surface area contributed by atoms with Gasteiger partial charge in [-0.1, -0.05) is 66.2 Å². The van der Waals surface area contributed by atoms with Gasteiger partial charge in [-0.25, -0.2) is 9.97 Å². The predicted molar refractivity (Wildman–Crippen MR) is 186 cm³/mol. The highest BCUT2D eigenvalue weighted by atomic mass is 16.5. The molecule has 4 aromatic rings. The van der Waals surface area contributed by atoms with E-state index in [0.29, 0.717) is 64.9 Å². The number of aromatic hydroxyl groups is 2. The molecule has 0 spiro atoms. The van der Waals surface area contributed by atoms with Gasteiger partial charge >= 0.3 is 0 Å². The highest BCUT2D eigenvalue weighted by Crippen LogP contribution is 2.37. The number of phenols is 2. The highest BCUT2D eigenvalue weighted by Gasteiger charge is 2.17. The van der Waals surface area contributed by atoms with E-state index < -0.39 is 0 Å². The van der Waals surface area contributed by atoms with Gasteiger partial charge in [-0.3, -0.25) is 0 Å². The van der Waals surface area contributed by atoms with Crippen LogP contribution in [0.15, 0.2) is 66.7 Å². The molecule has 0 aliphatic heterocycles. The van der Waals surface area contributed by atoms with Crippen molar-refractivity contribution < 1.29 is 24.4 Å². The van der Waals surface area contributed by atoms with Crippen molar-refractivity contribution in [2.75, 3.05) is 20.3 Å². The van der Waals surface area contributed by atoms with Gasteiger partial charge in [-0.15, -0.1) is 0 Å². The minimum absolute atomic E-state index is 0.0264. The first-order valence-corrected chi connectivity index (χ1v) is 16.8. The van der Waals surface area contributed by atoms with E-state index in [-0.39, 0.29) is 11.5 Å². The van der Waals surface area contributed by atoms with E-state index in [1.54, 1.807) is 25.3 Å². The van der Waals surface area contributed by atoms with Gasteiger partial charge < -0.3 is 24.4 Å². The molecule has 46 heavy (non-hydrogen) atoms. The number of aromatic nitrogens is 2. The minimum atomic E-state index is 0.0264. The van der Waals surface area contributed by atoms with Gasteiger partial charge in [0.1, 0.15) is 28.7 Å². The molecule has 0 aliphatic rings. The maximum Gasteiger partial charge on any atom is 0.164 e. The number of benzene rings is 3. The molecule has 7 nitrogen and oxygen atoms in total. The molecule has 3 aromatic carbocycles. The van der Waals surface area contributed by atoms with Crippen LogP contribution in [0.2, 0.25) is 0 Å². The molecule has 1 aromatic heterocycles. The van der Waals surface area contributed by atoms with Crippen molar-refractivity contribution in [2.45, 2.75) is 79.1 Å². The molecule has 2 N–H and O–H groups in total. The van der Waals surface area contributed by atoms with Crippen LogP contribution in [0.25, 0.3) is 33.9 Å². The maximum absolute atomic E-state index is 11.1. The van der Waals surface area contributed by atoms with E-state index in [1.165, 1.54) is 19.3 Å². The van der Waals surface area contributed by atoms with Gasteiger partial charge in [0, 0.05) is 23.3 Å². The van der Waals surface area contributed by atoms with Crippen LogP contribution in [0, 0.1) is 11.8 Å². The van der Waals surface area contributed by atoms with Crippen molar-refractivity contribution in [3.63, 3.8) is 0 Å². The normalized spacial score (nSPS) is 12.5. The third-order valence-corrected chi connectivity index (χ3v) is 8.63. The zero-order valence-corrected chi connectivity index (χ0v) is 28.1. The zero-order valence-electron chi connectivity index (χ0n) is 28.1. The van der Waals surface area contributed by atoms with Gasteiger partial charge in [-0.05, 0) is 79.3 Å². The molecule has 0 saturated carbocycles. The van der Waals surface area contributed by atoms with Gasteiger partial charge in [0.15, 0.2) is 5.82 Å². The standard InChI is InChI=1S/C39H50N2O5/c1-6-10-12-27(8-3)25-45-31-18-20-33(37(42)22-31)36-24-35(29-14-16-30(44-5)17-15-29)40-39(41-36)34-21-19-32(23-38(34)43)46-26-28(9-4)13-11-7-2/h14-24,27-28,42-43H,6-13,25-26H2,1-5H3. The van der Waals surface area contributed by atoms with E-state index in [9.17, 15) is 10.2 Å². The summed E-state index contributed by atoms with van der Waals surface area (Å²) in [5, 5.41) is 22.3. The monoisotopic (exact) mass is 626 g/mol. The lowest BCUT2D eigenvalue weighted by atomic mass is 10.0. The Balaban J connectivity index is 1.65. The third kappa shape index (κ3) is 9.38. The maximum atomic E-state index is 11.1. The van der Waals surface area contributed by atoms with E-state index in [1.807, 2.05) is 48.5 Å². The molecule has 0 saturated heterocycles. The largest absolute Gasteiger partial charge is 0.507 e. The molecule has 1 heterocycles. The molecule has 246 valence electrons. The minimum Gasteiger partial charge on any atom is -0.507 e. The van der Waals surface area contributed by atoms with Crippen molar-refractivity contribution in [1.29, 1.82) is 0 Å². The van der Waals surface area contributed by atoms with E-state index >= 15 is 0 Å². The van der Waals surface area contributed by atoms with Crippen LogP contribution < -0.4 is 14.2 Å². The quantitative estimate of drug-likeness (QED) is 0.113. The van der Waals surface area contributed by atoms with Crippen molar-refractivity contribution in [2.24, 2.45) is 11.8 Å². The van der Waals surface area contributed by atoms with Crippen molar-refractivity contribution >= 4 is 0 Å². The zero-order chi connectivity index (χ0) is 32.9. The second kappa shape index (κ2) is 17.4. The van der Waals surface area contributed by atoms with E-state index in [0.717, 1.165) is 43.4 Å². The fourth-order valence-corrected chi connectivity index (χ4v) is 5.45. The van der Waals surface area contributed by atoms with Crippen molar-refractivity contribution in [1.82, 2.24) is 9.97 Å². The van der Waals surface area contributed by atoms with Crippen LogP contribution in [0.3, 0.4) is 0 Å². The van der Waals surface area contributed by atoms with Gasteiger partial charge in [0.2, 0.25) is 0 Å². The summed E-state index contributed by atoms with van der Waals surface area (Å²) >= 11 is 0. The summed E-state index contributed by atoms with van der Waals surface area (Å²) in [5.74, 6) is 3.35. The molecule has 0 fully saturated rings. The Kier molecular flexibility index (Phi) is 13.1. The Bertz CT molecular complexity index is 1430. The summed E-state index contributed by atoms with van der Waals surface area (Å²) < 4.78 is 17.5. The summed E-state index contributed by atoms with van der Waals surface area (Å²) in [6, 6.07) is 20.0. The first kappa shape index (κ1) is 34.6. The summed E-state index contributed by atoms with van der Waals surface area (Å²) in [7, 11) is 1.63. The number of unbranched alkanes of at least 4 members (excludes halogenated alkanes) is 2. The molecule has 4 rings (SSSR count). The average Bonchev–Trinajstić information content (AvgIpc) is 3.08. The Hall–Kier alpha value is -4.26. The van der Waals surface area contributed by atoms with Crippen LogP contribution in [-0.2, 0) is 0 Å². The number of rotatable bonds is 18. The van der Waals surface area contributed by atoms with E-state index in [4.69, 9.17) is 24.2 Å². The molecule has 2 atom stereocenters. The highest BCUT2D eigenvalue weighted by molar-refractivity contribution is 5.76. The first-order chi connectivity index (χ1) is 22.4. The van der Waals surface area contributed by atoms with Crippen LogP contribution >= 0.6 is 0 Å². The SMILES string of the molecule is CCCCC(CC)COc1ccc(-c2cc(-c3ccc(OC)cc3)nc(-c3ccc(OCC(CC)CCCC)cc3O)n2)c(O)c1. The lowest BCUT2D eigenvalue weighted by molar-refractivity contribution is 0.232. The van der Waals surface area contributed by atoms with Gasteiger partial charge in [0.25, 0.3) is 0 Å². The molecular formula is C39H50N2O5. The fraction of sp³-hybridized carbons (Fsp3) is 0.436. The topological polar surface area (TPSA) is 93.9 Å². The van der Waals surface area contributed by atoms with Crippen LogP contribution in [0.4, 0.5) is 0 Å². The Morgan fingerprint density at radius 1 is 0.609 bits per heavy atom. The fourth-order valence-electron chi connectivity index (χ4n) is 5.45. The number of hydrogen-bond donors (Lipinski definition) is 2. The first-order valence-electron chi connectivity index (χ1n) is 16.8. The summed E-state index contributed by atoms with van der Waals surface area (Å²) in [6.07, 6.45) is 9.06. The number of hydrogen-bond acceptors (Lipinski definition) is 7. The molecule has 2 unspecified atom stereocenters. The Morgan fingerprint density at radius 2 is 1.11 bits per heavy atom. The summed E-state index contributed by atoms with van der Waals surface area (Å²) in [4.78, 5) is 9.66. The van der Waals surface area contributed by atoms with Crippen LogP contribution in [-0.4, -0.2) is 40.5 Å². The second-order valence-corrected chi connectivity index (χ2v) is 12.0. The molecular weight excluding hydrogens is 576 g/mol. The average molecular weight is 627 g/mol. The third-order valence-electron chi connectivity index (χ3n) is 8.63. The lowest BCUT2D eigenvalue weighted by Gasteiger charge is -2.17. The van der Waals surface area contributed by atoms with Crippen molar-refractivity contribution in [3.8, 4) is 62.7 Å². The Morgan fingerprint density at radius 3 is 1.59 bits per heavy atom. The predicted octanol–water partition coefficient (Wildman–Crippen LogP) is 10.1. The number of methoxy groups -OCH3 is 1. The summed E-state index contributed by atoms with van der Waals surface area (Å²) in [5.41, 5.74) is 3.03. The molecule has 0 bridgehead atoms. The van der Waals surface area contributed by atoms with Crippen LogP contribution in [0.1, 0.15) is 79.1 Å². The number of ether oxygens (including phenoxy) is 3.